The summed E-state index contributed by atoms with van der Waals surface area (Å²) in [6.45, 7) is 5.50. The Balaban J connectivity index is 1.62. The second-order valence-corrected chi connectivity index (χ2v) is 9.45. The van der Waals surface area contributed by atoms with Gasteiger partial charge in [0.15, 0.2) is 0 Å². The molecule has 2 amide bonds. The highest BCUT2D eigenvalue weighted by Gasteiger charge is 2.29. The maximum Gasteiger partial charge on any atom is 0.259 e. The Hall–Kier alpha value is -3.74. The Morgan fingerprint density at radius 2 is 1.83 bits per heavy atom. The van der Waals surface area contributed by atoms with E-state index in [-0.39, 0.29) is 23.1 Å². The zero-order valence-electron chi connectivity index (χ0n) is 21.1. The number of rotatable bonds is 8. The molecule has 1 N–H and O–H groups in total. The molecule has 1 aromatic carbocycles. The SMILES string of the molecule is CC[C@@H]1CCCCN1C(=O)c1cn(CCc2ccccn2)cc(C(=O)NCc2ccc(C)cc2)c1=O. The molecule has 1 atom stereocenters. The highest BCUT2D eigenvalue weighted by molar-refractivity contribution is 5.99. The smallest absolute Gasteiger partial charge is 0.259 e. The predicted molar refractivity (Wildman–Crippen MR) is 140 cm³/mol. The second kappa shape index (κ2) is 11.8. The van der Waals surface area contributed by atoms with Crippen molar-refractivity contribution in [3.8, 4) is 0 Å². The van der Waals surface area contributed by atoms with Gasteiger partial charge in [0.25, 0.3) is 11.8 Å². The lowest BCUT2D eigenvalue weighted by Gasteiger charge is -2.35. The number of hydrogen-bond acceptors (Lipinski definition) is 4. The van der Waals surface area contributed by atoms with Crippen molar-refractivity contribution in [1.29, 1.82) is 0 Å². The van der Waals surface area contributed by atoms with Gasteiger partial charge in [0.2, 0.25) is 5.43 Å². The topological polar surface area (TPSA) is 84.3 Å². The maximum atomic E-state index is 13.6. The molecule has 1 aliphatic heterocycles. The summed E-state index contributed by atoms with van der Waals surface area (Å²) >= 11 is 0. The molecule has 4 rings (SSSR count). The first-order chi connectivity index (χ1) is 17.5. The molecule has 7 nitrogen and oxygen atoms in total. The molecule has 1 fully saturated rings. The number of amides is 2. The van der Waals surface area contributed by atoms with Crippen LogP contribution in [0.2, 0.25) is 0 Å². The van der Waals surface area contributed by atoms with Gasteiger partial charge >= 0.3 is 0 Å². The average molecular weight is 487 g/mol. The maximum absolute atomic E-state index is 13.6. The number of likely N-dealkylation sites (tertiary alicyclic amines) is 1. The monoisotopic (exact) mass is 486 g/mol. The lowest BCUT2D eigenvalue weighted by Crippen LogP contribution is -2.45. The number of carbonyl (C=O) groups is 2. The number of aryl methyl sites for hydroxylation is 3. The summed E-state index contributed by atoms with van der Waals surface area (Å²) < 4.78 is 1.77. The molecule has 0 radical (unpaired) electrons. The van der Waals surface area contributed by atoms with Gasteiger partial charge in [-0.3, -0.25) is 19.4 Å². The van der Waals surface area contributed by atoms with Gasteiger partial charge in [0, 0.05) is 56.4 Å². The minimum Gasteiger partial charge on any atom is -0.352 e. The van der Waals surface area contributed by atoms with Crippen LogP contribution in [0, 0.1) is 6.92 Å². The molecule has 0 aliphatic carbocycles. The quantitative estimate of drug-likeness (QED) is 0.519. The van der Waals surface area contributed by atoms with E-state index in [1.807, 2.05) is 54.3 Å². The van der Waals surface area contributed by atoms with Gasteiger partial charge in [-0.25, -0.2) is 0 Å². The fraction of sp³-hybridized carbons (Fsp3) is 0.379. The highest BCUT2D eigenvalue weighted by Crippen LogP contribution is 2.21. The number of carbonyl (C=O) groups excluding carboxylic acids is 2. The van der Waals surface area contributed by atoms with Crippen molar-refractivity contribution in [1.82, 2.24) is 19.8 Å². The molecule has 3 aromatic rings. The van der Waals surface area contributed by atoms with Gasteiger partial charge in [-0.2, -0.15) is 0 Å². The highest BCUT2D eigenvalue weighted by atomic mass is 16.2. The Kier molecular flexibility index (Phi) is 8.31. The van der Waals surface area contributed by atoms with E-state index >= 15 is 0 Å². The third-order valence-corrected chi connectivity index (χ3v) is 6.84. The molecule has 1 saturated heterocycles. The van der Waals surface area contributed by atoms with Gasteiger partial charge in [-0.15, -0.1) is 0 Å². The molecule has 3 heterocycles. The number of piperidine rings is 1. The van der Waals surface area contributed by atoms with Crippen molar-refractivity contribution in [2.75, 3.05) is 6.54 Å². The number of hydrogen-bond donors (Lipinski definition) is 1. The molecular formula is C29H34N4O3. The lowest BCUT2D eigenvalue weighted by molar-refractivity contribution is 0.0605. The molecule has 0 spiro atoms. The number of nitrogens with one attached hydrogen (secondary N) is 1. The summed E-state index contributed by atoms with van der Waals surface area (Å²) in [5.41, 5.74) is 2.50. The molecule has 0 bridgehead atoms. The first kappa shape index (κ1) is 25.4. The summed E-state index contributed by atoms with van der Waals surface area (Å²) in [5.74, 6) is -0.765. The largest absolute Gasteiger partial charge is 0.352 e. The van der Waals surface area contributed by atoms with E-state index < -0.39 is 11.3 Å². The molecule has 2 aromatic heterocycles. The molecular weight excluding hydrogens is 452 g/mol. The van der Waals surface area contributed by atoms with Crippen LogP contribution in [0.5, 0.6) is 0 Å². The van der Waals surface area contributed by atoms with Crippen molar-refractivity contribution in [2.45, 2.75) is 65.1 Å². The zero-order valence-corrected chi connectivity index (χ0v) is 21.1. The summed E-state index contributed by atoms with van der Waals surface area (Å²) in [5, 5.41) is 2.85. The normalized spacial score (nSPS) is 15.5. The molecule has 0 saturated carbocycles. The Morgan fingerprint density at radius 3 is 2.56 bits per heavy atom. The van der Waals surface area contributed by atoms with Crippen molar-refractivity contribution in [3.63, 3.8) is 0 Å². The summed E-state index contributed by atoms with van der Waals surface area (Å²) in [4.78, 5) is 46.3. The number of aromatic nitrogens is 2. The molecule has 0 unspecified atom stereocenters. The van der Waals surface area contributed by atoms with Gasteiger partial charge < -0.3 is 14.8 Å². The van der Waals surface area contributed by atoms with Crippen LogP contribution in [0.25, 0.3) is 0 Å². The standard InChI is InChI=1S/C29H34N4O3/c1-3-24-9-5-7-16-33(24)29(36)26-20-32(17-14-23-8-4-6-15-30-23)19-25(27(26)34)28(35)31-18-22-12-10-21(2)11-13-22/h4,6,8,10-13,15,19-20,24H,3,5,7,9,14,16-18H2,1-2H3,(H,31,35)/t24-/m1/s1. The van der Waals surface area contributed by atoms with Crippen LogP contribution in [-0.4, -0.2) is 38.9 Å². The summed E-state index contributed by atoms with van der Waals surface area (Å²) in [6, 6.07) is 13.7. The van der Waals surface area contributed by atoms with E-state index in [9.17, 15) is 14.4 Å². The van der Waals surface area contributed by atoms with Crippen molar-refractivity contribution >= 4 is 11.8 Å². The van der Waals surface area contributed by atoms with Crippen molar-refractivity contribution < 1.29 is 9.59 Å². The fourth-order valence-electron chi connectivity index (χ4n) is 4.69. The van der Waals surface area contributed by atoms with Gasteiger partial charge in [-0.05, 0) is 50.3 Å². The van der Waals surface area contributed by atoms with E-state index in [0.717, 1.165) is 42.5 Å². The average Bonchev–Trinajstić information content (AvgIpc) is 2.92. The van der Waals surface area contributed by atoms with Crippen LogP contribution in [0.3, 0.4) is 0 Å². The van der Waals surface area contributed by atoms with Crippen molar-refractivity contribution in [3.05, 3.63) is 99.2 Å². The Labute approximate surface area is 212 Å². The second-order valence-electron chi connectivity index (χ2n) is 9.45. The van der Waals surface area contributed by atoms with Gasteiger partial charge in [0.1, 0.15) is 11.1 Å². The predicted octanol–water partition coefficient (Wildman–Crippen LogP) is 4.13. The Morgan fingerprint density at radius 1 is 1.06 bits per heavy atom. The number of nitrogens with zero attached hydrogens (tertiary/aromatic N) is 3. The van der Waals surface area contributed by atoms with Crippen LogP contribution < -0.4 is 10.7 Å². The van der Waals surface area contributed by atoms with E-state index in [2.05, 4.69) is 17.2 Å². The molecule has 7 heteroatoms. The molecule has 1 aliphatic rings. The van der Waals surface area contributed by atoms with Crippen LogP contribution in [0.15, 0.2) is 65.8 Å². The van der Waals surface area contributed by atoms with Crippen LogP contribution >= 0.6 is 0 Å². The number of pyridine rings is 2. The minimum atomic E-state index is -0.518. The van der Waals surface area contributed by atoms with Gasteiger partial charge in [-0.1, -0.05) is 42.8 Å². The van der Waals surface area contributed by atoms with E-state index in [4.69, 9.17) is 0 Å². The summed E-state index contributed by atoms with van der Waals surface area (Å²) in [7, 11) is 0. The van der Waals surface area contributed by atoms with Crippen LogP contribution in [0.1, 0.15) is 70.1 Å². The third kappa shape index (κ3) is 6.08. The van der Waals surface area contributed by atoms with Gasteiger partial charge in [0.05, 0.1) is 0 Å². The van der Waals surface area contributed by atoms with E-state index in [0.29, 0.717) is 26.1 Å². The minimum absolute atomic E-state index is 0.0148. The Bertz CT molecular complexity index is 1250. The summed E-state index contributed by atoms with van der Waals surface area (Å²) in [6.07, 6.45) is 9.30. The number of benzene rings is 1. The van der Waals surface area contributed by atoms with E-state index in [1.165, 1.54) is 0 Å². The van der Waals surface area contributed by atoms with E-state index in [1.54, 1.807) is 23.2 Å². The third-order valence-electron chi connectivity index (χ3n) is 6.84. The first-order valence-electron chi connectivity index (χ1n) is 12.7. The lowest BCUT2D eigenvalue weighted by atomic mass is 9.98. The van der Waals surface area contributed by atoms with Crippen molar-refractivity contribution in [2.24, 2.45) is 0 Å². The zero-order chi connectivity index (χ0) is 25.5. The first-order valence-corrected chi connectivity index (χ1v) is 12.7. The van der Waals surface area contributed by atoms with Crippen LogP contribution in [0.4, 0.5) is 0 Å². The fourth-order valence-corrected chi connectivity index (χ4v) is 4.69. The van der Waals surface area contributed by atoms with Crippen LogP contribution in [-0.2, 0) is 19.5 Å². The molecule has 188 valence electrons. The molecule has 36 heavy (non-hydrogen) atoms.